The normalized spacial score (nSPS) is 11.1. The van der Waals surface area contributed by atoms with E-state index in [9.17, 15) is 17.6 Å². The molecule has 0 heterocycles. The van der Waals surface area contributed by atoms with Crippen LogP contribution in [0, 0.1) is 5.82 Å². The maximum absolute atomic E-state index is 13.4. The lowest BCUT2D eigenvalue weighted by atomic mass is 10.3. The van der Waals surface area contributed by atoms with Crippen LogP contribution in [0.5, 0.6) is 11.5 Å². The van der Waals surface area contributed by atoms with Crippen LogP contribution in [0.2, 0.25) is 0 Å². The Morgan fingerprint density at radius 2 is 1.70 bits per heavy atom. The van der Waals surface area contributed by atoms with Crippen LogP contribution in [-0.2, 0) is 19.6 Å². The van der Waals surface area contributed by atoms with Crippen LogP contribution in [-0.4, -0.2) is 55.4 Å². The zero-order valence-corrected chi connectivity index (χ0v) is 17.9. The molecule has 0 spiro atoms. The van der Waals surface area contributed by atoms with E-state index in [1.165, 1.54) is 44.6 Å². The summed E-state index contributed by atoms with van der Waals surface area (Å²) in [7, 11) is 0.208. The van der Waals surface area contributed by atoms with Crippen molar-refractivity contribution in [3.63, 3.8) is 0 Å². The number of benzene rings is 2. The fraction of sp³-hybridized carbons (Fsp3) is 0.350. The fourth-order valence-electron chi connectivity index (χ4n) is 2.66. The van der Waals surface area contributed by atoms with E-state index in [0.29, 0.717) is 25.3 Å². The van der Waals surface area contributed by atoms with E-state index < -0.39 is 28.3 Å². The molecule has 1 N–H and O–H groups in total. The molecule has 0 atom stereocenters. The van der Waals surface area contributed by atoms with Crippen molar-refractivity contribution in [3.8, 4) is 11.5 Å². The van der Waals surface area contributed by atoms with Crippen LogP contribution >= 0.6 is 0 Å². The third-order valence-electron chi connectivity index (χ3n) is 4.19. The number of hydrogen-bond donors (Lipinski definition) is 1. The van der Waals surface area contributed by atoms with Gasteiger partial charge in [0.05, 0.1) is 24.8 Å². The van der Waals surface area contributed by atoms with Gasteiger partial charge >= 0.3 is 0 Å². The molecule has 0 aliphatic heterocycles. The van der Waals surface area contributed by atoms with Crippen molar-refractivity contribution in [2.45, 2.75) is 11.3 Å². The molecule has 8 nitrogen and oxygen atoms in total. The Balaban J connectivity index is 2.37. The molecule has 0 aliphatic rings. The Morgan fingerprint density at radius 1 is 1.03 bits per heavy atom. The molecule has 30 heavy (non-hydrogen) atoms. The molecule has 0 unspecified atom stereocenters. The number of halogens is 1. The minimum absolute atomic E-state index is 0.100. The van der Waals surface area contributed by atoms with Gasteiger partial charge in [0.15, 0.2) is 11.5 Å². The van der Waals surface area contributed by atoms with Crippen molar-refractivity contribution in [2.75, 3.05) is 45.3 Å². The predicted octanol–water partition coefficient (Wildman–Crippen LogP) is 2.19. The number of rotatable bonds is 11. The van der Waals surface area contributed by atoms with Gasteiger partial charge in [0, 0.05) is 26.3 Å². The van der Waals surface area contributed by atoms with Gasteiger partial charge in [0.1, 0.15) is 12.4 Å². The van der Waals surface area contributed by atoms with E-state index in [0.717, 1.165) is 16.4 Å². The number of carbonyl (C=O) groups excluding carboxylic acids is 1. The number of nitrogens with zero attached hydrogens (tertiary/aromatic N) is 1. The molecule has 10 heteroatoms. The third-order valence-corrected chi connectivity index (χ3v) is 5.96. The van der Waals surface area contributed by atoms with E-state index in [1.54, 1.807) is 7.11 Å². The SMILES string of the molecule is COCCCNC(=O)CN(c1ccc(F)cc1)S(=O)(=O)c1ccc(OC)c(OC)c1. The van der Waals surface area contributed by atoms with Crippen molar-refractivity contribution in [1.29, 1.82) is 0 Å². The third kappa shape index (κ3) is 5.83. The standard InChI is InChI=1S/C20H25FN2O6S/c1-27-12-4-11-22-20(24)14-23(16-7-5-15(21)6-8-16)30(25,26)17-9-10-18(28-2)19(13-17)29-3/h5-10,13H,4,11-12,14H2,1-3H3,(H,22,24). The highest BCUT2D eigenvalue weighted by atomic mass is 32.2. The molecule has 2 aromatic rings. The molecular formula is C20H25FN2O6S. The second kappa shape index (κ2) is 10.8. The van der Waals surface area contributed by atoms with Gasteiger partial charge in [-0.05, 0) is 42.8 Å². The summed E-state index contributed by atoms with van der Waals surface area (Å²) in [4.78, 5) is 12.3. The summed E-state index contributed by atoms with van der Waals surface area (Å²) in [5.41, 5.74) is 0.151. The van der Waals surface area contributed by atoms with Gasteiger partial charge in [-0.2, -0.15) is 0 Å². The smallest absolute Gasteiger partial charge is 0.264 e. The van der Waals surface area contributed by atoms with Crippen LogP contribution in [0.25, 0.3) is 0 Å². The predicted molar refractivity (Wildman–Crippen MR) is 110 cm³/mol. The summed E-state index contributed by atoms with van der Waals surface area (Å²) < 4.78 is 56.2. The lowest BCUT2D eigenvalue weighted by Gasteiger charge is -2.24. The van der Waals surface area contributed by atoms with Gasteiger partial charge in [-0.25, -0.2) is 12.8 Å². The molecule has 1 amide bonds. The maximum atomic E-state index is 13.4. The quantitative estimate of drug-likeness (QED) is 0.539. The van der Waals surface area contributed by atoms with Crippen molar-refractivity contribution in [2.24, 2.45) is 0 Å². The van der Waals surface area contributed by atoms with Crippen molar-refractivity contribution in [1.82, 2.24) is 5.32 Å². The van der Waals surface area contributed by atoms with Crippen LogP contribution in [0.4, 0.5) is 10.1 Å². The highest BCUT2D eigenvalue weighted by Gasteiger charge is 2.28. The molecule has 0 aromatic heterocycles. The van der Waals surface area contributed by atoms with Crippen LogP contribution in [0.15, 0.2) is 47.4 Å². The Hall–Kier alpha value is -2.85. The number of nitrogens with one attached hydrogen (secondary N) is 1. The summed E-state index contributed by atoms with van der Waals surface area (Å²) in [5, 5.41) is 2.65. The first-order valence-corrected chi connectivity index (χ1v) is 10.5. The second-order valence-electron chi connectivity index (χ2n) is 6.20. The van der Waals surface area contributed by atoms with Gasteiger partial charge in [0.2, 0.25) is 5.91 Å². The zero-order chi connectivity index (χ0) is 22.1. The zero-order valence-electron chi connectivity index (χ0n) is 17.1. The summed E-state index contributed by atoms with van der Waals surface area (Å²) >= 11 is 0. The van der Waals surface area contributed by atoms with E-state index in [-0.39, 0.29) is 16.3 Å². The average molecular weight is 440 g/mol. The molecule has 0 fully saturated rings. The first kappa shape index (κ1) is 23.4. The monoisotopic (exact) mass is 440 g/mol. The highest BCUT2D eigenvalue weighted by Crippen LogP contribution is 2.32. The molecule has 0 bridgehead atoms. The molecule has 0 saturated heterocycles. The van der Waals surface area contributed by atoms with Gasteiger partial charge < -0.3 is 19.5 Å². The van der Waals surface area contributed by atoms with E-state index in [1.807, 2.05) is 0 Å². The second-order valence-corrected chi connectivity index (χ2v) is 8.06. The topological polar surface area (TPSA) is 94.2 Å². The minimum Gasteiger partial charge on any atom is -0.493 e. The number of hydrogen-bond acceptors (Lipinski definition) is 6. The first-order valence-electron chi connectivity index (χ1n) is 9.09. The molecule has 0 aliphatic carbocycles. The van der Waals surface area contributed by atoms with Crippen molar-refractivity contribution < 1.29 is 31.8 Å². The Morgan fingerprint density at radius 3 is 2.30 bits per heavy atom. The summed E-state index contributed by atoms with van der Waals surface area (Å²) in [6.07, 6.45) is 0.585. The average Bonchev–Trinajstić information content (AvgIpc) is 2.75. The van der Waals surface area contributed by atoms with Crippen LogP contribution in [0.3, 0.4) is 0 Å². The summed E-state index contributed by atoms with van der Waals surface area (Å²) in [6.45, 7) is 0.321. The molecule has 2 aromatic carbocycles. The number of ether oxygens (including phenoxy) is 3. The number of amides is 1. The lowest BCUT2D eigenvalue weighted by molar-refractivity contribution is -0.119. The molecule has 164 valence electrons. The van der Waals surface area contributed by atoms with E-state index in [4.69, 9.17) is 14.2 Å². The number of methoxy groups -OCH3 is 3. The molecule has 0 radical (unpaired) electrons. The molecule has 0 saturated carbocycles. The minimum atomic E-state index is -4.17. The van der Waals surface area contributed by atoms with E-state index in [2.05, 4.69) is 5.32 Å². The molecule has 2 rings (SSSR count). The van der Waals surface area contributed by atoms with Crippen molar-refractivity contribution in [3.05, 3.63) is 48.3 Å². The fourth-order valence-corrected chi connectivity index (χ4v) is 4.09. The Kier molecular flexibility index (Phi) is 8.43. The largest absolute Gasteiger partial charge is 0.493 e. The van der Waals surface area contributed by atoms with Crippen LogP contribution < -0.4 is 19.1 Å². The van der Waals surface area contributed by atoms with Gasteiger partial charge in [-0.1, -0.05) is 0 Å². The van der Waals surface area contributed by atoms with Crippen LogP contribution in [0.1, 0.15) is 6.42 Å². The number of carbonyl (C=O) groups is 1. The lowest BCUT2D eigenvalue weighted by Crippen LogP contribution is -2.41. The van der Waals surface area contributed by atoms with Crippen molar-refractivity contribution >= 4 is 21.6 Å². The first-order chi connectivity index (χ1) is 14.3. The summed E-state index contributed by atoms with van der Waals surface area (Å²) in [5.74, 6) is -0.437. The van der Waals surface area contributed by atoms with Gasteiger partial charge in [0.25, 0.3) is 10.0 Å². The Bertz CT molecular complexity index is 950. The number of anilines is 1. The van der Waals surface area contributed by atoms with Gasteiger partial charge in [-0.15, -0.1) is 0 Å². The van der Waals surface area contributed by atoms with E-state index >= 15 is 0 Å². The highest BCUT2D eigenvalue weighted by molar-refractivity contribution is 7.92. The maximum Gasteiger partial charge on any atom is 0.264 e. The summed E-state index contributed by atoms with van der Waals surface area (Å²) in [6, 6.07) is 8.97. The number of sulfonamides is 1. The molecular weight excluding hydrogens is 415 g/mol. The Labute approximate surface area is 175 Å². The van der Waals surface area contributed by atoms with Gasteiger partial charge in [-0.3, -0.25) is 9.10 Å².